The first-order valence-corrected chi connectivity index (χ1v) is 6.22. The monoisotopic (exact) mass is 319 g/mol. The summed E-state index contributed by atoms with van der Waals surface area (Å²) in [6.45, 7) is -0.291. The smallest absolute Gasteiger partial charge is 0.416 e. The van der Waals surface area contributed by atoms with Gasteiger partial charge >= 0.3 is 6.18 Å². The van der Waals surface area contributed by atoms with Crippen molar-refractivity contribution < 1.29 is 22.3 Å². The van der Waals surface area contributed by atoms with Crippen molar-refractivity contribution in [1.82, 2.24) is 0 Å². The van der Waals surface area contributed by atoms with Gasteiger partial charge in [-0.3, -0.25) is 0 Å². The molecule has 21 heavy (non-hydrogen) atoms. The van der Waals surface area contributed by atoms with Crippen LogP contribution in [0.4, 0.5) is 17.6 Å². The Morgan fingerprint density at radius 3 is 2.24 bits per heavy atom. The van der Waals surface area contributed by atoms with Crippen molar-refractivity contribution in [3.8, 4) is 11.5 Å². The van der Waals surface area contributed by atoms with E-state index in [1.54, 1.807) is 0 Å². The Balaban J connectivity index is 2.31. The van der Waals surface area contributed by atoms with E-state index in [0.29, 0.717) is 0 Å². The Morgan fingerprint density at radius 1 is 1.05 bits per heavy atom. The minimum absolute atomic E-state index is 0.0718. The Bertz CT molecular complexity index is 658. The van der Waals surface area contributed by atoms with Crippen LogP contribution in [0.1, 0.15) is 11.1 Å². The summed E-state index contributed by atoms with van der Waals surface area (Å²) in [6, 6.07) is 6.95. The predicted octanol–water partition coefficient (Wildman–Crippen LogP) is 4.75. The van der Waals surface area contributed by atoms with Gasteiger partial charge in [-0.25, -0.2) is 4.39 Å². The van der Waals surface area contributed by atoms with Gasteiger partial charge in [0.2, 0.25) is 0 Å². The largest absolute Gasteiger partial charge is 0.457 e. The first kappa shape index (κ1) is 15.6. The van der Waals surface area contributed by atoms with E-state index in [4.69, 9.17) is 22.1 Å². The third-order valence-corrected chi connectivity index (χ3v) is 3.04. The third kappa shape index (κ3) is 3.65. The van der Waals surface area contributed by atoms with Crippen LogP contribution in [0.25, 0.3) is 0 Å². The minimum Gasteiger partial charge on any atom is -0.457 e. The van der Waals surface area contributed by atoms with Gasteiger partial charge in [0.1, 0.15) is 17.3 Å². The number of nitrogens with two attached hydrogens (primary N) is 1. The number of halogens is 5. The fourth-order valence-corrected chi connectivity index (χ4v) is 1.87. The highest BCUT2D eigenvalue weighted by molar-refractivity contribution is 6.30. The summed E-state index contributed by atoms with van der Waals surface area (Å²) in [5, 5.41) is -0.0718. The van der Waals surface area contributed by atoms with Gasteiger partial charge in [0, 0.05) is 12.6 Å². The quantitative estimate of drug-likeness (QED) is 0.829. The fraction of sp³-hybridized carbons (Fsp3) is 0.143. The molecule has 2 aromatic rings. The number of rotatable bonds is 3. The highest BCUT2D eigenvalue weighted by Crippen LogP contribution is 2.35. The maximum Gasteiger partial charge on any atom is 0.416 e. The molecular formula is C14H10ClF4NO. The molecule has 2 aromatic carbocycles. The van der Waals surface area contributed by atoms with E-state index in [1.807, 2.05) is 0 Å². The van der Waals surface area contributed by atoms with Crippen molar-refractivity contribution in [3.63, 3.8) is 0 Å². The molecule has 7 heteroatoms. The zero-order chi connectivity index (χ0) is 15.6. The van der Waals surface area contributed by atoms with Gasteiger partial charge in [-0.15, -0.1) is 0 Å². The maximum atomic E-state index is 13.3. The molecule has 0 saturated carbocycles. The van der Waals surface area contributed by atoms with Crippen molar-refractivity contribution in [2.45, 2.75) is 12.7 Å². The highest BCUT2D eigenvalue weighted by atomic mass is 35.5. The molecule has 0 fully saturated rings. The van der Waals surface area contributed by atoms with Crippen LogP contribution < -0.4 is 10.5 Å². The zero-order valence-electron chi connectivity index (χ0n) is 10.5. The first-order chi connectivity index (χ1) is 9.81. The SMILES string of the molecule is NCc1cc(Oc2ccc(Cl)c(F)c2)ccc1C(F)(F)F. The average molecular weight is 320 g/mol. The van der Waals surface area contributed by atoms with E-state index in [1.165, 1.54) is 18.2 Å². The zero-order valence-corrected chi connectivity index (χ0v) is 11.3. The van der Waals surface area contributed by atoms with Gasteiger partial charge in [0.15, 0.2) is 0 Å². The van der Waals surface area contributed by atoms with Gasteiger partial charge in [-0.1, -0.05) is 11.6 Å². The summed E-state index contributed by atoms with van der Waals surface area (Å²) in [5.74, 6) is -0.426. The summed E-state index contributed by atoms with van der Waals surface area (Å²) >= 11 is 5.53. The summed E-state index contributed by atoms with van der Waals surface area (Å²) in [5.41, 5.74) is 4.40. The van der Waals surface area contributed by atoms with Crippen LogP contribution in [0.5, 0.6) is 11.5 Å². The van der Waals surface area contributed by atoms with E-state index in [0.717, 1.165) is 18.2 Å². The van der Waals surface area contributed by atoms with Crippen LogP contribution >= 0.6 is 11.6 Å². The molecule has 0 spiro atoms. The van der Waals surface area contributed by atoms with Gasteiger partial charge in [0.25, 0.3) is 0 Å². The molecular weight excluding hydrogens is 310 g/mol. The van der Waals surface area contributed by atoms with E-state index in [-0.39, 0.29) is 28.6 Å². The standard InChI is InChI=1S/C14H10ClF4NO/c15-12-4-2-10(6-13(12)16)21-9-1-3-11(14(17,18)19)8(5-9)7-20/h1-6H,7,20H2. The van der Waals surface area contributed by atoms with Crippen LogP contribution in [-0.4, -0.2) is 0 Å². The van der Waals surface area contributed by atoms with Gasteiger partial charge in [0.05, 0.1) is 10.6 Å². The highest BCUT2D eigenvalue weighted by Gasteiger charge is 2.33. The number of benzene rings is 2. The lowest BCUT2D eigenvalue weighted by atomic mass is 10.1. The second-order valence-corrected chi connectivity index (χ2v) is 4.61. The van der Waals surface area contributed by atoms with Gasteiger partial charge in [-0.05, 0) is 35.9 Å². The molecule has 0 bridgehead atoms. The minimum atomic E-state index is -4.49. The molecule has 0 heterocycles. The summed E-state index contributed by atoms with van der Waals surface area (Å²) in [4.78, 5) is 0. The van der Waals surface area contributed by atoms with Crippen molar-refractivity contribution in [1.29, 1.82) is 0 Å². The van der Waals surface area contributed by atoms with Crippen molar-refractivity contribution in [2.24, 2.45) is 5.73 Å². The molecule has 0 aromatic heterocycles. The normalized spacial score (nSPS) is 11.5. The Morgan fingerprint density at radius 2 is 1.67 bits per heavy atom. The van der Waals surface area contributed by atoms with Crippen molar-refractivity contribution in [2.75, 3.05) is 0 Å². The lowest BCUT2D eigenvalue weighted by Crippen LogP contribution is -2.11. The van der Waals surface area contributed by atoms with Crippen molar-refractivity contribution >= 4 is 11.6 Å². The van der Waals surface area contributed by atoms with E-state index >= 15 is 0 Å². The van der Waals surface area contributed by atoms with Crippen LogP contribution in [0.2, 0.25) is 5.02 Å². The number of alkyl halides is 3. The van der Waals surface area contributed by atoms with E-state index in [9.17, 15) is 17.6 Å². The topological polar surface area (TPSA) is 35.2 Å². The molecule has 0 unspecified atom stereocenters. The van der Waals surface area contributed by atoms with Crippen LogP contribution in [0.3, 0.4) is 0 Å². The lowest BCUT2D eigenvalue weighted by molar-refractivity contribution is -0.138. The molecule has 0 radical (unpaired) electrons. The molecule has 0 saturated heterocycles. The van der Waals surface area contributed by atoms with Gasteiger partial charge < -0.3 is 10.5 Å². The van der Waals surface area contributed by atoms with Crippen LogP contribution in [0, 0.1) is 5.82 Å². The molecule has 0 aliphatic heterocycles. The molecule has 2 rings (SSSR count). The summed E-state index contributed by atoms with van der Waals surface area (Å²) in [6.07, 6.45) is -4.49. The Kier molecular flexibility index (Phi) is 4.39. The molecule has 112 valence electrons. The second kappa shape index (κ2) is 5.91. The molecule has 0 aliphatic carbocycles. The Labute approximate surface area is 123 Å². The van der Waals surface area contributed by atoms with Crippen LogP contribution in [-0.2, 0) is 12.7 Å². The van der Waals surface area contributed by atoms with E-state index in [2.05, 4.69) is 0 Å². The van der Waals surface area contributed by atoms with Crippen LogP contribution in [0.15, 0.2) is 36.4 Å². The number of hydrogen-bond donors (Lipinski definition) is 1. The number of hydrogen-bond acceptors (Lipinski definition) is 2. The maximum absolute atomic E-state index is 13.3. The molecule has 2 nitrogen and oxygen atoms in total. The molecule has 2 N–H and O–H groups in total. The second-order valence-electron chi connectivity index (χ2n) is 4.20. The lowest BCUT2D eigenvalue weighted by Gasteiger charge is -2.13. The fourth-order valence-electron chi connectivity index (χ4n) is 1.76. The molecule has 0 aliphatic rings. The Hall–Kier alpha value is -1.79. The van der Waals surface area contributed by atoms with Gasteiger partial charge in [-0.2, -0.15) is 13.2 Å². The predicted molar refractivity (Wildman–Crippen MR) is 70.8 cm³/mol. The average Bonchev–Trinajstić information content (AvgIpc) is 2.41. The summed E-state index contributed by atoms with van der Waals surface area (Å²) < 4.78 is 56.8. The third-order valence-electron chi connectivity index (χ3n) is 2.73. The molecule has 0 amide bonds. The van der Waals surface area contributed by atoms with Crippen molar-refractivity contribution in [3.05, 3.63) is 58.4 Å². The summed E-state index contributed by atoms with van der Waals surface area (Å²) in [7, 11) is 0. The first-order valence-electron chi connectivity index (χ1n) is 5.84. The van der Waals surface area contributed by atoms with E-state index < -0.39 is 17.6 Å². The molecule has 0 atom stereocenters. The number of ether oxygens (including phenoxy) is 1.